The summed E-state index contributed by atoms with van der Waals surface area (Å²) in [7, 11) is 0. The number of thiophene rings is 2. The van der Waals surface area contributed by atoms with Crippen LogP contribution >= 0.6 is 38.6 Å². The summed E-state index contributed by atoms with van der Waals surface area (Å²) in [6.07, 6.45) is 4.91. The molecule has 1 unspecified atom stereocenters. The highest BCUT2D eigenvalue weighted by Gasteiger charge is 2.31. The Bertz CT molecular complexity index is 770. The van der Waals surface area contributed by atoms with E-state index in [1.165, 1.54) is 10.4 Å². The first-order valence-corrected chi connectivity index (χ1v) is 10.5. The lowest BCUT2D eigenvalue weighted by Crippen LogP contribution is -2.27. The lowest BCUT2D eigenvalue weighted by molar-refractivity contribution is 0.0954. The average Bonchev–Trinajstić information content (AvgIpc) is 3.11. The molecule has 0 fully saturated rings. The second-order valence-corrected chi connectivity index (χ2v) is 10.7. The largest absolute Gasteiger partial charge is 0.272 e. The van der Waals surface area contributed by atoms with Gasteiger partial charge < -0.3 is 0 Å². The molecule has 0 aromatic carbocycles. The number of carbonyl (C=O) groups is 1. The number of nitrogens with zero attached hydrogens (tertiary/aromatic N) is 1. The first-order chi connectivity index (χ1) is 11.3. The van der Waals surface area contributed by atoms with E-state index >= 15 is 0 Å². The Morgan fingerprint density at radius 2 is 2.21 bits per heavy atom. The maximum absolute atomic E-state index is 12.4. The molecule has 3 rings (SSSR count). The third kappa shape index (κ3) is 3.98. The smallest absolute Gasteiger partial charge is 0.267 e. The molecule has 1 amide bonds. The highest BCUT2D eigenvalue weighted by molar-refractivity contribution is 9.11. The minimum Gasteiger partial charge on any atom is -0.267 e. The van der Waals surface area contributed by atoms with Gasteiger partial charge in [-0.1, -0.05) is 20.8 Å². The predicted octanol–water partition coefficient (Wildman–Crippen LogP) is 5.49. The Morgan fingerprint density at radius 3 is 2.88 bits per heavy atom. The van der Waals surface area contributed by atoms with E-state index in [0.29, 0.717) is 11.3 Å². The van der Waals surface area contributed by atoms with Gasteiger partial charge in [-0.25, -0.2) is 5.43 Å². The van der Waals surface area contributed by atoms with Crippen molar-refractivity contribution in [2.24, 2.45) is 16.4 Å². The van der Waals surface area contributed by atoms with Crippen LogP contribution in [0.15, 0.2) is 26.4 Å². The molecular weight excluding hydrogens is 404 g/mol. The summed E-state index contributed by atoms with van der Waals surface area (Å²) in [5.74, 6) is 0.587. The topological polar surface area (TPSA) is 41.5 Å². The summed E-state index contributed by atoms with van der Waals surface area (Å²) in [6.45, 7) is 6.92. The fourth-order valence-electron chi connectivity index (χ4n) is 3.05. The van der Waals surface area contributed by atoms with Crippen molar-refractivity contribution >= 4 is 50.7 Å². The molecule has 0 aliphatic heterocycles. The van der Waals surface area contributed by atoms with Crippen molar-refractivity contribution in [1.82, 2.24) is 5.43 Å². The van der Waals surface area contributed by atoms with Gasteiger partial charge in [0.15, 0.2) is 0 Å². The van der Waals surface area contributed by atoms with E-state index < -0.39 is 0 Å². The molecule has 0 spiro atoms. The highest BCUT2D eigenvalue weighted by atomic mass is 79.9. The van der Waals surface area contributed by atoms with Crippen LogP contribution in [0.1, 0.15) is 52.9 Å². The molecule has 2 heterocycles. The van der Waals surface area contributed by atoms with Crippen LogP contribution in [0.3, 0.4) is 0 Å². The zero-order chi connectivity index (χ0) is 17.3. The van der Waals surface area contributed by atoms with E-state index in [1.807, 2.05) is 17.5 Å². The molecule has 2 aromatic heterocycles. The van der Waals surface area contributed by atoms with E-state index in [-0.39, 0.29) is 5.91 Å². The van der Waals surface area contributed by atoms with Crippen molar-refractivity contribution < 1.29 is 4.79 Å². The normalized spacial score (nSPS) is 17.9. The van der Waals surface area contributed by atoms with E-state index in [4.69, 9.17) is 0 Å². The molecule has 6 heteroatoms. The fourth-order valence-corrected chi connectivity index (χ4v) is 5.51. The molecule has 1 aliphatic rings. The Kier molecular flexibility index (Phi) is 5.27. The number of nitrogens with one attached hydrogen (secondary N) is 1. The monoisotopic (exact) mass is 424 g/mol. The summed E-state index contributed by atoms with van der Waals surface area (Å²) in [5, 5.41) is 6.07. The Morgan fingerprint density at radius 1 is 1.42 bits per heavy atom. The second kappa shape index (κ2) is 7.10. The standard InChI is InChI=1S/C18H21BrN2OS2/c1-18(2,3)11-4-6-13-14(10-23-15(13)8-11)17(22)21-20-9-12-5-7-16(19)24-12/h5,7,9-11H,4,6,8H2,1-3H3,(H,21,22)/b20-9-. The molecule has 1 atom stereocenters. The molecule has 24 heavy (non-hydrogen) atoms. The summed E-state index contributed by atoms with van der Waals surface area (Å²) in [5.41, 5.74) is 5.01. The lowest BCUT2D eigenvalue weighted by Gasteiger charge is -2.33. The molecule has 0 saturated heterocycles. The fraction of sp³-hybridized carbons (Fsp3) is 0.444. The number of hydrogen-bond donors (Lipinski definition) is 1. The SMILES string of the molecule is CC(C)(C)C1CCc2c(C(=O)N/N=C\c3ccc(Br)s3)csc2C1. The summed E-state index contributed by atoms with van der Waals surface area (Å²) < 4.78 is 1.05. The van der Waals surface area contributed by atoms with Gasteiger partial charge in [0.1, 0.15) is 0 Å². The van der Waals surface area contributed by atoms with Crippen molar-refractivity contribution in [2.45, 2.75) is 40.0 Å². The van der Waals surface area contributed by atoms with Crippen LogP contribution in [0.2, 0.25) is 0 Å². The number of fused-ring (bicyclic) bond motifs is 1. The van der Waals surface area contributed by atoms with Gasteiger partial charge in [-0.2, -0.15) is 5.10 Å². The van der Waals surface area contributed by atoms with Crippen LogP contribution in [0.25, 0.3) is 0 Å². The van der Waals surface area contributed by atoms with Crippen molar-refractivity contribution in [1.29, 1.82) is 0 Å². The van der Waals surface area contributed by atoms with Crippen LogP contribution in [0.4, 0.5) is 0 Å². The first kappa shape index (κ1) is 17.8. The van der Waals surface area contributed by atoms with Crippen molar-refractivity contribution in [3.8, 4) is 0 Å². The first-order valence-electron chi connectivity index (χ1n) is 8.02. The molecule has 3 nitrogen and oxygen atoms in total. The maximum Gasteiger partial charge on any atom is 0.272 e. The van der Waals surface area contributed by atoms with Crippen molar-refractivity contribution in [3.63, 3.8) is 0 Å². The van der Waals surface area contributed by atoms with Gasteiger partial charge in [0.2, 0.25) is 0 Å². The van der Waals surface area contributed by atoms with Crippen molar-refractivity contribution in [3.05, 3.63) is 42.2 Å². The Balaban J connectivity index is 1.67. The van der Waals surface area contributed by atoms with Crippen LogP contribution in [0.5, 0.6) is 0 Å². The van der Waals surface area contributed by atoms with E-state index in [1.54, 1.807) is 28.9 Å². The molecule has 2 aromatic rings. The summed E-state index contributed by atoms with van der Waals surface area (Å²) >= 11 is 6.71. The maximum atomic E-state index is 12.4. The predicted molar refractivity (Wildman–Crippen MR) is 106 cm³/mol. The van der Waals surface area contributed by atoms with Crippen molar-refractivity contribution in [2.75, 3.05) is 0 Å². The van der Waals surface area contributed by atoms with Gasteiger partial charge in [0, 0.05) is 15.1 Å². The van der Waals surface area contributed by atoms with Gasteiger partial charge in [0.25, 0.3) is 5.91 Å². The van der Waals surface area contributed by atoms with Crippen LogP contribution < -0.4 is 5.43 Å². The van der Waals surface area contributed by atoms with Gasteiger partial charge in [0.05, 0.1) is 15.6 Å². The van der Waals surface area contributed by atoms with Gasteiger partial charge in [-0.3, -0.25) is 4.79 Å². The molecule has 1 aliphatic carbocycles. The Labute approximate surface area is 159 Å². The van der Waals surface area contributed by atoms with Crippen LogP contribution in [-0.2, 0) is 12.8 Å². The number of carbonyl (C=O) groups excluding carboxylic acids is 1. The minimum absolute atomic E-state index is 0.103. The molecule has 128 valence electrons. The zero-order valence-corrected chi connectivity index (χ0v) is 17.3. The number of halogens is 1. The highest BCUT2D eigenvalue weighted by Crippen LogP contribution is 2.40. The quantitative estimate of drug-likeness (QED) is 0.513. The van der Waals surface area contributed by atoms with Crippen LogP contribution in [0, 0.1) is 11.3 Å². The number of amides is 1. The number of hydrogen-bond acceptors (Lipinski definition) is 4. The minimum atomic E-state index is -0.103. The summed E-state index contributed by atoms with van der Waals surface area (Å²) in [4.78, 5) is 14.8. The molecule has 0 bridgehead atoms. The number of hydrazone groups is 1. The van der Waals surface area contributed by atoms with Crippen LogP contribution in [-0.4, -0.2) is 12.1 Å². The van der Waals surface area contributed by atoms with Gasteiger partial charge in [-0.05, 0) is 64.2 Å². The number of rotatable bonds is 3. The summed E-state index contributed by atoms with van der Waals surface area (Å²) in [6, 6.07) is 3.93. The third-order valence-corrected chi connectivity index (χ3v) is 7.19. The van der Waals surface area contributed by atoms with Gasteiger partial charge >= 0.3 is 0 Å². The van der Waals surface area contributed by atoms with Gasteiger partial charge in [-0.15, -0.1) is 22.7 Å². The van der Waals surface area contributed by atoms with E-state index in [2.05, 4.69) is 47.2 Å². The molecule has 0 saturated carbocycles. The van der Waals surface area contributed by atoms with E-state index in [9.17, 15) is 4.79 Å². The molecular formula is C18H21BrN2OS2. The third-order valence-electron chi connectivity index (χ3n) is 4.58. The molecule has 0 radical (unpaired) electrons. The average molecular weight is 425 g/mol. The molecule has 1 N–H and O–H groups in total. The zero-order valence-electron chi connectivity index (χ0n) is 14.1. The second-order valence-electron chi connectivity index (χ2n) is 7.20. The Hall–Kier alpha value is -0.980. The lowest BCUT2D eigenvalue weighted by atomic mass is 9.72. The van der Waals surface area contributed by atoms with E-state index in [0.717, 1.165) is 33.5 Å².